The molecular weight excluding hydrogens is 266 g/mol. The number of aliphatic hydroxyl groups excluding tert-OH is 1. The summed E-state index contributed by atoms with van der Waals surface area (Å²) in [7, 11) is 1.88. The number of rotatable bonds is 7. The Hall–Kier alpha value is -1.62. The number of hydrogen-bond donors (Lipinski definition) is 2. The van der Waals surface area contributed by atoms with Crippen LogP contribution in [0.2, 0.25) is 0 Å². The maximum absolute atomic E-state index is 11.8. The summed E-state index contributed by atoms with van der Waals surface area (Å²) in [5.41, 5.74) is 2.89. The monoisotopic (exact) mass is 293 g/mol. The number of carbonyl (C=O) groups is 1. The Morgan fingerprint density at radius 2 is 2.00 bits per heavy atom. The van der Waals surface area contributed by atoms with Gasteiger partial charge in [-0.25, -0.2) is 0 Å². The largest absolute Gasteiger partial charge is 0.391 e. The molecule has 1 amide bonds. The van der Waals surface area contributed by atoms with E-state index in [1.807, 2.05) is 34.7 Å². The molecule has 0 bridgehead atoms. The van der Waals surface area contributed by atoms with Gasteiger partial charge in [0.15, 0.2) is 0 Å². The highest BCUT2D eigenvalue weighted by atomic mass is 16.3. The van der Waals surface area contributed by atoms with Gasteiger partial charge in [-0.2, -0.15) is 5.10 Å². The average molecular weight is 293 g/mol. The molecule has 1 unspecified atom stereocenters. The van der Waals surface area contributed by atoms with Crippen LogP contribution in [-0.4, -0.2) is 33.4 Å². The van der Waals surface area contributed by atoms with Crippen molar-refractivity contribution in [3.8, 4) is 0 Å². The summed E-state index contributed by atoms with van der Waals surface area (Å²) >= 11 is 0. The lowest BCUT2D eigenvalue weighted by molar-refractivity contribution is -0.117. The molecule has 0 aliphatic rings. The van der Waals surface area contributed by atoms with Crippen LogP contribution in [-0.2, 0) is 11.8 Å². The van der Waals surface area contributed by atoms with E-state index in [0.29, 0.717) is 6.54 Å². The number of aliphatic hydroxyl groups is 1. The predicted molar refractivity (Wildman–Crippen MR) is 84.8 cm³/mol. The van der Waals surface area contributed by atoms with E-state index in [9.17, 15) is 9.90 Å². The molecule has 0 fully saturated rings. The number of amides is 1. The topological polar surface area (TPSA) is 67.2 Å². The fourth-order valence-electron chi connectivity index (χ4n) is 2.45. The third-order valence-corrected chi connectivity index (χ3v) is 4.04. The first-order chi connectivity index (χ1) is 9.90. The van der Waals surface area contributed by atoms with Gasteiger partial charge in [0, 0.05) is 30.9 Å². The first kappa shape index (κ1) is 17.4. The molecule has 0 aliphatic carbocycles. The summed E-state index contributed by atoms with van der Waals surface area (Å²) < 4.78 is 1.80. The van der Waals surface area contributed by atoms with Crippen molar-refractivity contribution >= 4 is 12.0 Å². The Morgan fingerprint density at radius 1 is 1.38 bits per heavy atom. The van der Waals surface area contributed by atoms with E-state index in [2.05, 4.69) is 10.4 Å². The molecule has 0 saturated heterocycles. The van der Waals surface area contributed by atoms with Crippen LogP contribution in [0.5, 0.6) is 0 Å². The Morgan fingerprint density at radius 3 is 2.48 bits per heavy atom. The van der Waals surface area contributed by atoms with Crippen LogP contribution in [0.15, 0.2) is 6.08 Å². The van der Waals surface area contributed by atoms with Gasteiger partial charge in [0.25, 0.3) is 0 Å². The van der Waals surface area contributed by atoms with Crippen molar-refractivity contribution in [1.29, 1.82) is 0 Å². The second-order valence-corrected chi connectivity index (χ2v) is 5.43. The van der Waals surface area contributed by atoms with Crippen LogP contribution >= 0.6 is 0 Å². The van der Waals surface area contributed by atoms with Crippen molar-refractivity contribution in [3.05, 3.63) is 23.0 Å². The summed E-state index contributed by atoms with van der Waals surface area (Å²) in [4.78, 5) is 11.8. The number of carbonyl (C=O) groups excluding carboxylic acids is 1. The Bertz CT molecular complexity index is 502. The maximum Gasteiger partial charge on any atom is 0.244 e. The molecule has 5 heteroatoms. The number of hydrogen-bond acceptors (Lipinski definition) is 3. The second kappa shape index (κ2) is 7.98. The molecule has 5 nitrogen and oxygen atoms in total. The summed E-state index contributed by atoms with van der Waals surface area (Å²) in [6.45, 7) is 8.27. The quantitative estimate of drug-likeness (QED) is 0.755. The summed E-state index contributed by atoms with van der Waals surface area (Å²) in [5.74, 6) is 0.0414. The van der Waals surface area contributed by atoms with Crippen LogP contribution in [0.4, 0.5) is 0 Å². The third-order valence-electron chi connectivity index (χ3n) is 4.04. The van der Waals surface area contributed by atoms with Crippen LogP contribution in [0.1, 0.15) is 43.6 Å². The zero-order valence-corrected chi connectivity index (χ0v) is 13.7. The van der Waals surface area contributed by atoms with Gasteiger partial charge in [-0.05, 0) is 25.8 Å². The molecule has 2 N–H and O–H groups in total. The minimum absolute atomic E-state index is 0.192. The number of aryl methyl sites for hydroxylation is 2. The van der Waals surface area contributed by atoms with E-state index in [0.717, 1.165) is 29.8 Å². The van der Waals surface area contributed by atoms with Crippen LogP contribution in [0, 0.1) is 19.8 Å². The SMILES string of the molecule is CCC(CC)C(O)CNC(=O)/C=C/c1c(C)nn(C)c1C. The minimum Gasteiger partial charge on any atom is -0.391 e. The zero-order valence-electron chi connectivity index (χ0n) is 13.7. The van der Waals surface area contributed by atoms with Crippen molar-refractivity contribution in [2.45, 2.75) is 46.6 Å². The van der Waals surface area contributed by atoms with Crippen LogP contribution in [0.3, 0.4) is 0 Å². The van der Waals surface area contributed by atoms with Gasteiger partial charge >= 0.3 is 0 Å². The van der Waals surface area contributed by atoms with Gasteiger partial charge in [-0.15, -0.1) is 0 Å². The highest BCUT2D eigenvalue weighted by Gasteiger charge is 2.15. The smallest absolute Gasteiger partial charge is 0.244 e. The van der Waals surface area contributed by atoms with Crippen molar-refractivity contribution in [3.63, 3.8) is 0 Å². The van der Waals surface area contributed by atoms with Gasteiger partial charge in [0.05, 0.1) is 11.8 Å². The van der Waals surface area contributed by atoms with Gasteiger partial charge in [0.2, 0.25) is 5.91 Å². The van der Waals surface area contributed by atoms with E-state index < -0.39 is 6.10 Å². The highest BCUT2D eigenvalue weighted by molar-refractivity contribution is 5.92. The molecule has 0 aliphatic heterocycles. The predicted octanol–water partition coefficient (Wildman–Crippen LogP) is 1.96. The third kappa shape index (κ3) is 4.70. The van der Waals surface area contributed by atoms with E-state index in [1.165, 1.54) is 6.08 Å². The van der Waals surface area contributed by atoms with Crippen LogP contribution < -0.4 is 5.32 Å². The molecule has 0 radical (unpaired) electrons. The van der Waals surface area contributed by atoms with Crippen molar-refractivity contribution < 1.29 is 9.90 Å². The minimum atomic E-state index is -0.487. The molecule has 0 aromatic carbocycles. The fourth-order valence-corrected chi connectivity index (χ4v) is 2.45. The lowest BCUT2D eigenvalue weighted by atomic mass is 9.96. The van der Waals surface area contributed by atoms with Crippen molar-refractivity contribution in [2.75, 3.05) is 6.54 Å². The summed E-state index contributed by atoms with van der Waals surface area (Å²) in [6, 6.07) is 0. The average Bonchev–Trinajstić information content (AvgIpc) is 2.69. The number of nitrogens with zero attached hydrogens (tertiary/aromatic N) is 2. The Kier molecular flexibility index (Phi) is 6.62. The molecule has 0 spiro atoms. The Labute approximate surface area is 127 Å². The van der Waals surface area contributed by atoms with Crippen molar-refractivity contribution in [2.24, 2.45) is 13.0 Å². The molecule has 1 rings (SSSR count). The fraction of sp³-hybridized carbons (Fsp3) is 0.625. The summed E-state index contributed by atoms with van der Waals surface area (Å²) in [6.07, 6.45) is 4.61. The normalized spacial score (nSPS) is 13.1. The molecule has 0 saturated carbocycles. The molecule has 1 atom stereocenters. The molecule has 1 heterocycles. The standard InChI is InChI=1S/C16H27N3O2/c1-6-13(7-2)15(20)10-17-16(21)9-8-14-11(3)18-19(5)12(14)4/h8-9,13,15,20H,6-7,10H2,1-5H3,(H,17,21)/b9-8+. The maximum atomic E-state index is 11.8. The number of nitrogens with one attached hydrogen (secondary N) is 1. The first-order valence-electron chi connectivity index (χ1n) is 7.54. The lowest BCUT2D eigenvalue weighted by Gasteiger charge is -2.19. The van der Waals surface area contributed by atoms with E-state index >= 15 is 0 Å². The molecule has 118 valence electrons. The number of aromatic nitrogens is 2. The van der Waals surface area contributed by atoms with Gasteiger partial charge in [0.1, 0.15) is 0 Å². The zero-order chi connectivity index (χ0) is 16.0. The molecular formula is C16H27N3O2. The highest BCUT2D eigenvalue weighted by Crippen LogP contribution is 2.14. The van der Waals surface area contributed by atoms with E-state index in [4.69, 9.17) is 0 Å². The molecule has 1 aromatic rings. The Balaban J connectivity index is 2.56. The lowest BCUT2D eigenvalue weighted by Crippen LogP contribution is -2.35. The van der Waals surface area contributed by atoms with Crippen molar-refractivity contribution in [1.82, 2.24) is 15.1 Å². The van der Waals surface area contributed by atoms with Gasteiger partial charge in [-0.1, -0.05) is 26.7 Å². The second-order valence-electron chi connectivity index (χ2n) is 5.43. The van der Waals surface area contributed by atoms with E-state index in [-0.39, 0.29) is 11.8 Å². The molecule has 21 heavy (non-hydrogen) atoms. The van der Waals surface area contributed by atoms with E-state index in [1.54, 1.807) is 10.8 Å². The van der Waals surface area contributed by atoms with Crippen LogP contribution in [0.25, 0.3) is 6.08 Å². The first-order valence-corrected chi connectivity index (χ1v) is 7.54. The van der Waals surface area contributed by atoms with Gasteiger partial charge < -0.3 is 10.4 Å². The van der Waals surface area contributed by atoms with Gasteiger partial charge in [-0.3, -0.25) is 9.48 Å². The molecule has 1 aromatic heterocycles. The summed E-state index contributed by atoms with van der Waals surface area (Å²) in [5, 5.41) is 17.0.